The Morgan fingerprint density at radius 1 is 0.923 bits per heavy atom. The van der Waals surface area contributed by atoms with Crippen molar-refractivity contribution in [3.8, 4) is 23.0 Å². The Hall–Kier alpha value is -2.89. The summed E-state index contributed by atoms with van der Waals surface area (Å²) in [5.41, 5.74) is 0.878. The quantitative estimate of drug-likeness (QED) is 0.737. The first-order valence-electron chi connectivity index (χ1n) is 8.17. The van der Waals surface area contributed by atoms with Crippen LogP contribution in [0.2, 0.25) is 0 Å². The van der Waals surface area contributed by atoms with Crippen LogP contribution in [0.1, 0.15) is 30.9 Å². The van der Waals surface area contributed by atoms with E-state index in [0.717, 1.165) is 11.1 Å². The lowest BCUT2D eigenvalue weighted by Crippen LogP contribution is -2.26. The molecule has 140 valence electrons. The maximum atomic E-state index is 11.8. The molecule has 2 aromatic rings. The highest BCUT2D eigenvalue weighted by molar-refractivity contribution is 5.69. The van der Waals surface area contributed by atoms with E-state index in [-0.39, 0.29) is 23.9 Å². The summed E-state index contributed by atoms with van der Waals surface area (Å²) in [6.07, 6.45) is 0.600. The lowest BCUT2D eigenvalue weighted by Gasteiger charge is -2.33. The number of phenols is 2. The first kappa shape index (κ1) is 19.4. The fraction of sp³-hybridized carbons (Fsp3) is 0.350. The van der Waals surface area contributed by atoms with Gasteiger partial charge in [0.15, 0.2) is 0 Å². The number of hydrogen-bond acceptors (Lipinski definition) is 6. The van der Waals surface area contributed by atoms with Crippen molar-refractivity contribution >= 4 is 5.97 Å². The molecule has 2 rings (SSSR count). The molecule has 0 saturated carbocycles. The number of carbonyl (C=O) groups excluding carboxylic acids is 1. The molecule has 0 spiro atoms. The predicted octanol–water partition coefficient (Wildman–Crippen LogP) is 3.37. The number of methoxy groups -OCH3 is 3. The van der Waals surface area contributed by atoms with Gasteiger partial charge in [-0.2, -0.15) is 0 Å². The molecule has 2 N–H and O–H groups in total. The topological polar surface area (TPSA) is 85.2 Å². The van der Waals surface area contributed by atoms with Gasteiger partial charge in [-0.15, -0.1) is 0 Å². The molecule has 0 radical (unpaired) electrons. The van der Waals surface area contributed by atoms with Crippen LogP contribution in [0.3, 0.4) is 0 Å². The number of benzene rings is 2. The van der Waals surface area contributed by atoms with E-state index >= 15 is 0 Å². The second-order valence-corrected chi connectivity index (χ2v) is 6.18. The molecule has 0 saturated heterocycles. The SMILES string of the molecule is COC(=O)CCC(C)(c1ccc(O)cc1OC)c1ccc(O)cc1OC. The zero-order chi connectivity index (χ0) is 19.3. The Bertz CT molecular complexity index is 730. The number of rotatable bonds is 7. The molecule has 2 aromatic carbocycles. The van der Waals surface area contributed by atoms with Crippen molar-refractivity contribution in [2.75, 3.05) is 21.3 Å². The Kier molecular flexibility index (Phi) is 5.97. The lowest BCUT2D eigenvalue weighted by molar-refractivity contribution is -0.140. The predicted molar refractivity (Wildman–Crippen MR) is 97.0 cm³/mol. The van der Waals surface area contributed by atoms with E-state index in [4.69, 9.17) is 14.2 Å². The highest BCUT2D eigenvalue weighted by atomic mass is 16.5. The molecule has 0 aliphatic carbocycles. The third-order valence-corrected chi connectivity index (χ3v) is 4.62. The van der Waals surface area contributed by atoms with Crippen LogP contribution in [-0.2, 0) is 14.9 Å². The highest BCUT2D eigenvalue weighted by Gasteiger charge is 2.35. The molecule has 0 aliphatic heterocycles. The minimum Gasteiger partial charge on any atom is -0.508 e. The standard InChI is InChI=1S/C20H24O6/c1-20(10-9-19(23)26-4,15-7-5-13(21)11-17(15)24-2)16-8-6-14(22)12-18(16)25-3/h5-8,11-12,21-22H,9-10H2,1-4H3. The van der Waals surface area contributed by atoms with Crippen molar-refractivity contribution < 1.29 is 29.2 Å². The first-order chi connectivity index (χ1) is 12.3. The van der Waals surface area contributed by atoms with Crippen molar-refractivity contribution in [3.63, 3.8) is 0 Å². The van der Waals surface area contributed by atoms with Crippen LogP contribution in [0.5, 0.6) is 23.0 Å². The number of carbonyl (C=O) groups is 1. The van der Waals surface area contributed by atoms with E-state index in [1.807, 2.05) is 6.92 Å². The minimum absolute atomic E-state index is 0.0820. The van der Waals surface area contributed by atoms with E-state index in [2.05, 4.69) is 0 Å². The van der Waals surface area contributed by atoms with Crippen molar-refractivity contribution in [1.82, 2.24) is 0 Å². The highest BCUT2D eigenvalue weighted by Crippen LogP contribution is 2.46. The van der Waals surface area contributed by atoms with Gasteiger partial charge in [0.25, 0.3) is 0 Å². The van der Waals surface area contributed by atoms with Crippen LogP contribution in [0.4, 0.5) is 0 Å². The van der Waals surface area contributed by atoms with Crippen LogP contribution >= 0.6 is 0 Å². The summed E-state index contributed by atoms with van der Waals surface area (Å²) in [5, 5.41) is 19.6. The van der Waals surface area contributed by atoms with E-state index < -0.39 is 5.41 Å². The van der Waals surface area contributed by atoms with Crippen LogP contribution < -0.4 is 9.47 Å². The molecule has 0 atom stereocenters. The van der Waals surface area contributed by atoms with Crippen LogP contribution in [0, 0.1) is 0 Å². The van der Waals surface area contributed by atoms with Crippen molar-refractivity contribution in [2.45, 2.75) is 25.2 Å². The van der Waals surface area contributed by atoms with Gasteiger partial charge >= 0.3 is 5.97 Å². The molecule has 0 aliphatic rings. The zero-order valence-electron chi connectivity index (χ0n) is 15.4. The normalized spacial score (nSPS) is 11.1. The van der Waals surface area contributed by atoms with E-state index in [1.165, 1.54) is 33.5 Å². The summed E-state index contributed by atoms with van der Waals surface area (Å²) >= 11 is 0. The second-order valence-electron chi connectivity index (χ2n) is 6.18. The van der Waals surface area contributed by atoms with Gasteiger partial charge in [0, 0.05) is 35.1 Å². The van der Waals surface area contributed by atoms with Gasteiger partial charge in [0.2, 0.25) is 0 Å². The summed E-state index contributed by atoms with van der Waals surface area (Å²) in [7, 11) is 4.39. The Morgan fingerprint density at radius 2 is 1.38 bits per heavy atom. The average Bonchev–Trinajstić information content (AvgIpc) is 2.65. The molecule has 0 unspecified atom stereocenters. The number of esters is 1. The summed E-state index contributed by atoms with van der Waals surface area (Å²) in [5.74, 6) is 0.823. The van der Waals surface area contributed by atoms with E-state index in [1.54, 1.807) is 24.3 Å². The van der Waals surface area contributed by atoms with Gasteiger partial charge in [-0.05, 0) is 18.6 Å². The van der Waals surface area contributed by atoms with Crippen LogP contribution in [-0.4, -0.2) is 37.5 Å². The van der Waals surface area contributed by atoms with E-state index in [0.29, 0.717) is 17.9 Å². The molecule has 0 heterocycles. The first-order valence-corrected chi connectivity index (χ1v) is 8.17. The van der Waals surface area contributed by atoms with Gasteiger partial charge < -0.3 is 24.4 Å². The molecule has 0 amide bonds. The van der Waals surface area contributed by atoms with E-state index in [9.17, 15) is 15.0 Å². The molecule has 6 nitrogen and oxygen atoms in total. The van der Waals surface area contributed by atoms with Crippen molar-refractivity contribution in [1.29, 1.82) is 0 Å². The zero-order valence-corrected chi connectivity index (χ0v) is 15.4. The molecule has 26 heavy (non-hydrogen) atoms. The second kappa shape index (κ2) is 7.99. The Balaban J connectivity index is 2.65. The van der Waals surface area contributed by atoms with Gasteiger partial charge in [-0.1, -0.05) is 19.1 Å². The molecular formula is C20H24O6. The number of aromatic hydroxyl groups is 2. The fourth-order valence-electron chi connectivity index (χ4n) is 3.14. The largest absolute Gasteiger partial charge is 0.508 e. The summed E-state index contributed by atoms with van der Waals surface area (Å²) in [6.45, 7) is 1.96. The summed E-state index contributed by atoms with van der Waals surface area (Å²) < 4.78 is 15.7. The number of ether oxygens (including phenoxy) is 3. The van der Waals surface area contributed by atoms with Crippen molar-refractivity contribution in [3.05, 3.63) is 47.5 Å². The summed E-state index contributed by atoms with van der Waals surface area (Å²) in [4.78, 5) is 11.8. The average molecular weight is 360 g/mol. The molecule has 0 fully saturated rings. The molecule has 6 heteroatoms. The Morgan fingerprint density at radius 3 is 1.77 bits per heavy atom. The minimum atomic E-state index is -0.688. The third-order valence-electron chi connectivity index (χ3n) is 4.62. The molecular weight excluding hydrogens is 336 g/mol. The van der Waals surface area contributed by atoms with Gasteiger partial charge in [-0.3, -0.25) is 4.79 Å². The number of hydrogen-bond donors (Lipinski definition) is 2. The third kappa shape index (κ3) is 3.85. The molecule has 0 aromatic heterocycles. The fourth-order valence-corrected chi connectivity index (χ4v) is 3.14. The van der Waals surface area contributed by atoms with Gasteiger partial charge in [-0.25, -0.2) is 0 Å². The maximum absolute atomic E-state index is 11.8. The monoisotopic (exact) mass is 360 g/mol. The number of phenolic OH excluding ortho intramolecular Hbond substituents is 2. The van der Waals surface area contributed by atoms with Crippen LogP contribution in [0.15, 0.2) is 36.4 Å². The maximum Gasteiger partial charge on any atom is 0.305 e. The van der Waals surface area contributed by atoms with Crippen molar-refractivity contribution in [2.24, 2.45) is 0 Å². The van der Waals surface area contributed by atoms with Gasteiger partial charge in [0.05, 0.1) is 21.3 Å². The Labute approximate surface area is 152 Å². The summed E-state index contributed by atoms with van der Waals surface area (Å²) in [6, 6.07) is 9.72. The lowest BCUT2D eigenvalue weighted by atomic mass is 9.72. The smallest absolute Gasteiger partial charge is 0.305 e. The molecule has 0 bridgehead atoms. The van der Waals surface area contributed by atoms with Crippen LogP contribution in [0.25, 0.3) is 0 Å². The van der Waals surface area contributed by atoms with Gasteiger partial charge in [0.1, 0.15) is 23.0 Å².